The second kappa shape index (κ2) is 5.30. The lowest BCUT2D eigenvalue weighted by molar-refractivity contribution is 0.0335. The van der Waals surface area contributed by atoms with E-state index in [0.29, 0.717) is 10.4 Å². The quantitative estimate of drug-likeness (QED) is 0.841. The van der Waals surface area contributed by atoms with Gasteiger partial charge in [0, 0.05) is 10.4 Å². The van der Waals surface area contributed by atoms with Crippen molar-refractivity contribution in [2.24, 2.45) is 0 Å². The maximum Gasteiger partial charge on any atom is 0.106 e. The summed E-state index contributed by atoms with van der Waals surface area (Å²) >= 11 is 9.03. The Morgan fingerprint density at radius 3 is 2.13 bits per heavy atom. The highest BCUT2D eigenvalue weighted by molar-refractivity contribution is 9.09. The monoisotopic (exact) mass is 292 g/mol. The minimum atomic E-state index is -0.873. The van der Waals surface area contributed by atoms with Crippen molar-refractivity contribution in [3.8, 4) is 0 Å². The first-order chi connectivity index (χ1) is 6.97. The topological polar surface area (TPSA) is 40.5 Å². The smallest absolute Gasteiger partial charge is 0.106 e. The number of benzene rings is 1. The van der Waals surface area contributed by atoms with Gasteiger partial charge in [-0.3, -0.25) is 0 Å². The van der Waals surface area contributed by atoms with Crippen molar-refractivity contribution in [1.82, 2.24) is 0 Å². The molecule has 84 valence electrons. The molecule has 0 aliphatic rings. The van der Waals surface area contributed by atoms with Gasteiger partial charge in [-0.1, -0.05) is 27.5 Å². The number of hydrogen-bond donors (Lipinski definition) is 2. The third-order valence-electron chi connectivity index (χ3n) is 2.38. The molecule has 0 heterocycles. The normalized spacial score (nSPS) is 15.1. The lowest BCUT2D eigenvalue weighted by Crippen LogP contribution is -2.21. The minimum absolute atomic E-state index is 0.343. The van der Waals surface area contributed by atoms with E-state index in [2.05, 4.69) is 15.9 Å². The summed E-state index contributed by atoms with van der Waals surface area (Å²) in [6.07, 6.45) is -1.68. The van der Waals surface area contributed by atoms with Crippen LogP contribution in [0.4, 0.5) is 0 Å². The molecule has 0 aliphatic heterocycles. The van der Waals surface area contributed by atoms with Crippen molar-refractivity contribution in [3.63, 3.8) is 0 Å². The van der Waals surface area contributed by atoms with E-state index < -0.39 is 12.2 Å². The molecule has 2 unspecified atom stereocenters. The number of rotatable bonds is 3. The predicted octanol–water partition coefficient (Wildman–Crippen LogP) is 2.75. The Labute approximate surface area is 103 Å². The number of aliphatic hydroxyl groups is 2. The first kappa shape index (κ1) is 13.0. The molecule has 1 rings (SSSR count). The Bertz CT molecular complexity index is 331. The van der Waals surface area contributed by atoms with E-state index >= 15 is 0 Å². The van der Waals surface area contributed by atoms with Gasteiger partial charge < -0.3 is 10.2 Å². The number of aliphatic hydroxyl groups excluding tert-OH is 2. The Balaban J connectivity index is 3.13. The fraction of sp³-hybridized carbons (Fsp3) is 0.455. The Morgan fingerprint density at radius 1 is 1.27 bits per heavy atom. The summed E-state index contributed by atoms with van der Waals surface area (Å²) in [5.74, 6) is 0. The van der Waals surface area contributed by atoms with Crippen LogP contribution in [-0.4, -0.2) is 21.6 Å². The zero-order valence-corrected chi connectivity index (χ0v) is 11.0. The van der Waals surface area contributed by atoms with Crippen molar-refractivity contribution in [3.05, 3.63) is 33.8 Å². The molecule has 2 atom stereocenters. The average Bonchev–Trinajstić information content (AvgIpc) is 2.14. The van der Waals surface area contributed by atoms with Gasteiger partial charge in [-0.2, -0.15) is 0 Å². The van der Waals surface area contributed by atoms with E-state index in [1.54, 1.807) is 12.1 Å². The molecule has 0 radical (unpaired) electrons. The lowest BCUT2D eigenvalue weighted by Gasteiger charge is -2.20. The van der Waals surface area contributed by atoms with Crippen molar-refractivity contribution in [2.75, 3.05) is 5.33 Å². The molecule has 15 heavy (non-hydrogen) atoms. The SMILES string of the molecule is Cc1cc(Cl)cc(C)c1C(O)C(O)CBr. The lowest BCUT2D eigenvalue weighted by atomic mass is 9.95. The third kappa shape index (κ3) is 2.94. The first-order valence-electron chi connectivity index (χ1n) is 4.66. The fourth-order valence-corrected chi connectivity index (χ4v) is 2.35. The standard InChI is InChI=1S/C11H14BrClO2/c1-6-3-8(13)4-7(2)10(6)11(15)9(14)5-12/h3-4,9,11,14-15H,5H2,1-2H3. The Morgan fingerprint density at radius 2 is 1.73 bits per heavy atom. The number of halogens is 2. The zero-order valence-electron chi connectivity index (χ0n) is 8.67. The van der Waals surface area contributed by atoms with Gasteiger partial charge in [-0.05, 0) is 42.7 Å². The van der Waals surface area contributed by atoms with E-state index in [4.69, 9.17) is 11.6 Å². The highest BCUT2D eigenvalue weighted by atomic mass is 79.9. The number of alkyl halides is 1. The van der Waals surface area contributed by atoms with Gasteiger partial charge in [0.2, 0.25) is 0 Å². The summed E-state index contributed by atoms with van der Waals surface area (Å²) in [7, 11) is 0. The maximum atomic E-state index is 9.92. The van der Waals surface area contributed by atoms with Crippen molar-refractivity contribution < 1.29 is 10.2 Å². The van der Waals surface area contributed by atoms with E-state index in [9.17, 15) is 10.2 Å². The van der Waals surface area contributed by atoms with Crippen LogP contribution in [-0.2, 0) is 0 Å². The minimum Gasteiger partial charge on any atom is -0.389 e. The van der Waals surface area contributed by atoms with Gasteiger partial charge in [-0.15, -0.1) is 0 Å². The average molecular weight is 294 g/mol. The second-order valence-corrected chi connectivity index (χ2v) is 4.70. The van der Waals surface area contributed by atoms with Gasteiger partial charge >= 0.3 is 0 Å². The van der Waals surface area contributed by atoms with Crippen molar-refractivity contribution in [1.29, 1.82) is 0 Å². The van der Waals surface area contributed by atoms with E-state index in [1.807, 2.05) is 13.8 Å². The van der Waals surface area contributed by atoms with E-state index in [0.717, 1.165) is 16.7 Å². The second-order valence-electron chi connectivity index (χ2n) is 3.62. The third-order valence-corrected chi connectivity index (χ3v) is 3.26. The highest BCUT2D eigenvalue weighted by Crippen LogP contribution is 2.28. The molecule has 0 saturated heterocycles. The highest BCUT2D eigenvalue weighted by Gasteiger charge is 2.21. The number of hydrogen-bond acceptors (Lipinski definition) is 2. The molecular formula is C11H14BrClO2. The zero-order chi connectivity index (χ0) is 11.6. The molecule has 0 bridgehead atoms. The summed E-state index contributed by atoms with van der Waals surface area (Å²) in [6.45, 7) is 3.75. The molecule has 0 amide bonds. The van der Waals surface area contributed by atoms with Crippen LogP contribution >= 0.6 is 27.5 Å². The van der Waals surface area contributed by atoms with Crippen LogP contribution in [0.25, 0.3) is 0 Å². The van der Waals surface area contributed by atoms with Crippen LogP contribution in [0, 0.1) is 13.8 Å². The molecule has 0 spiro atoms. The van der Waals surface area contributed by atoms with E-state index in [-0.39, 0.29) is 0 Å². The molecule has 0 saturated carbocycles. The molecule has 0 fully saturated rings. The van der Waals surface area contributed by atoms with Crippen LogP contribution < -0.4 is 0 Å². The largest absolute Gasteiger partial charge is 0.389 e. The summed E-state index contributed by atoms with van der Waals surface area (Å²) in [5, 5.41) is 20.5. The molecule has 0 aliphatic carbocycles. The van der Waals surface area contributed by atoms with Crippen molar-refractivity contribution in [2.45, 2.75) is 26.1 Å². The molecule has 1 aromatic rings. The molecule has 2 N–H and O–H groups in total. The molecule has 2 nitrogen and oxygen atoms in total. The van der Waals surface area contributed by atoms with Crippen LogP contribution in [0.1, 0.15) is 22.8 Å². The fourth-order valence-electron chi connectivity index (χ4n) is 1.67. The first-order valence-corrected chi connectivity index (χ1v) is 6.16. The molecule has 1 aromatic carbocycles. The van der Waals surface area contributed by atoms with Crippen LogP contribution in [0.5, 0.6) is 0 Å². The molecular weight excluding hydrogens is 279 g/mol. The Hall–Kier alpha value is -0.0900. The van der Waals surface area contributed by atoms with Crippen LogP contribution in [0.15, 0.2) is 12.1 Å². The Kier molecular flexibility index (Phi) is 4.59. The van der Waals surface area contributed by atoms with E-state index in [1.165, 1.54) is 0 Å². The molecule has 4 heteroatoms. The predicted molar refractivity (Wildman–Crippen MR) is 65.7 cm³/mol. The van der Waals surface area contributed by atoms with Gasteiger partial charge in [0.05, 0.1) is 6.10 Å². The van der Waals surface area contributed by atoms with Gasteiger partial charge in [0.15, 0.2) is 0 Å². The van der Waals surface area contributed by atoms with Crippen LogP contribution in [0.2, 0.25) is 5.02 Å². The van der Waals surface area contributed by atoms with Crippen molar-refractivity contribution >= 4 is 27.5 Å². The summed E-state index contributed by atoms with van der Waals surface area (Å²) < 4.78 is 0. The summed E-state index contributed by atoms with van der Waals surface area (Å²) in [4.78, 5) is 0. The summed E-state index contributed by atoms with van der Waals surface area (Å²) in [6, 6.07) is 3.57. The van der Waals surface area contributed by atoms with Crippen LogP contribution in [0.3, 0.4) is 0 Å². The van der Waals surface area contributed by atoms with Gasteiger partial charge in [0.25, 0.3) is 0 Å². The maximum absolute atomic E-state index is 9.92. The summed E-state index contributed by atoms with van der Waals surface area (Å²) in [5.41, 5.74) is 2.55. The van der Waals surface area contributed by atoms with Gasteiger partial charge in [0.1, 0.15) is 6.10 Å². The number of aryl methyl sites for hydroxylation is 2. The molecule has 0 aromatic heterocycles. The van der Waals surface area contributed by atoms with Gasteiger partial charge in [-0.25, -0.2) is 0 Å².